The van der Waals surface area contributed by atoms with Crippen molar-refractivity contribution in [2.75, 3.05) is 0 Å². The number of hydrogen-bond acceptors (Lipinski definition) is 7. The molecule has 0 amide bonds. The second-order valence-corrected chi connectivity index (χ2v) is 10.6. The number of carbonyl (C=O) groups is 1. The molecule has 0 radical (unpaired) electrons. The SMILES string of the molecule is Cc1c(S(=O)(=O)Oc2ccc(C[SH](=O)=O)cc2)c2cc(-c3ccsc3)ccc2n1CC(=O)O. The predicted octanol–water partition coefficient (Wildman–Crippen LogP) is 3.64. The summed E-state index contributed by atoms with van der Waals surface area (Å²) in [6.45, 7) is 1.13. The number of carboxylic acids is 1. The molecule has 0 saturated carbocycles. The average molecular weight is 506 g/mol. The smallest absolute Gasteiger partial charge is 0.341 e. The van der Waals surface area contributed by atoms with Crippen molar-refractivity contribution >= 4 is 49.0 Å². The summed E-state index contributed by atoms with van der Waals surface area (Å²) >= 11 is 1.51. The second kappa shape index (κ2) is 9.00. The van der Waals surface area contributed by atoms with Gasteiger partial charge in [0.15, 0.2) is 0 Å². The highest BCUT2D eigenvalue weighted by Crippen LogP contribution is 2.35. The van der Waals surface area contributed by atoms with E-state index in [0.717, 1.165) is 11.1 Å². The number of aromatic nitrogens is 1. The second-order valence-electron chi connectivity index (χ2n) is 7.31. The highest BCUT2D eigenvalue weighted by atomic mass is 32.2. The standard InChI is InChI=1S/C22H19NO7S3/c1-14-22(33(28,29)30-18-5-2-15(3-6-18)13-32(26)27)19-10-16(17-8-9-31-12-17)4-7-20(19)23(14)11-21(24)25/h2-10,12,32H,11,13H2,1H3,(H,24,25). The van der Waals surface area contributed by atoms with Crippen LogP contribution in [0, 0.1) is 6.92 Å². The average Bonchev–Trinajstić information content (AvgIpc) is 3.36. The summed E-state index contributed by atoms with van der Waals surface area (Å²) in [6, 6.07) is 12.9. The number of hydrogen-bond donors (Lipinski definition) is 2. The van der Waals surface area contributed by atoms with E-state index < -0.39 is 33.3 Å². The van der Waals surface area contributed by atoms with Crippen molar-refractivity contribution < 1.29 is 30.9 Å². The highest BCUT2D eigenvalue weighted by molar-refractivity contribution is 7.87. The number of aliphatic carboxylic acids is 1. The lowest BCUT2D eigenvalue weighted by Gasteiger charge is -2.09. The molecule has 4 aromatic rings. The summed E-state index contributed by atoms with van der Waals surface area (Å²) in [4.78, 5) is 11.3. The highest BCUT2D eigenvalue weighted by Gasteiger charge is 2.28. The first-order chi connectivity index (χ1) is 15.7. The van der Waals surface area contributed by atoms with E-state index in [9.17, 15) is 26.7 Å². The number of thiol groups is 1. The van der Waals surface area contributed by atoms with E-state index in [1.165, 1.54) is 47.1 Å². The maximum absolute atomic E-state index is 13.3. The molecule has 0 saturated heterocycles. The minimum atomic E-state index is -4.34. The van der Waals surface area contributed by atoms with Crippen LogP contribution in [0.5, 0.6) is 5.75 Å². The number of carboxylic acid groups (broad SMARTS) is 1. The number of fused-ring (bicyclic) bond motifs is 1. The van der Waals surface area contributed by atoms with Gasteiger partial charge in [0.05, 0.1) is 11.3 Å². The van der Waals surface area contributed by atoms with E-state index >= 15 is 0 Å². The van der Waals surface area contributed by atoms with E-state index in [1.54, 1.807) is 12.1 Å². The molecule has 0 aliphatic heterocycles. The van der Waals surface area contributed by atoms with E-state index in [2.05, 4.69) is 0 Å². The molecule has 0 atom stereocenters. The van der Waals surface area contributed by atoms with Crippen molar-refractivity contribution in [2.45, 2.75) is 24.1 Å². The van der Waals surface area contributed by atoms with Gasteiger partial charge in [0, 0.05) is 11.1 Å². The van der Waals surface area contributed by atoms with Crippen LogP contribution < -0.4 is 4.18 Å². The van der Waals surface area contributed by atoms with E-state index in [0.29, 0.717) is 16.5 Å². The molecule has 0 unspecified atom stereocenters. The third kappa shape index (κ3) is 4.80. The zero-order chi connectivity index (χ0) is 23.8. The zero-order valence-electron chi connectivity index (χ0n) is 17.3. The Balaban J connectivity index is 1.82. The molecule has 4 rings (SSSR count). The first-order valence-electron chi connectivity index (χ1n) is 9.68. The quantitative estimate of drug-likeness (QED) is 0.277. The number of rotatable bonds is 8. The largest absolute Gasteiger partial charge is 0.480 e. The summed E-state index contributed by atoms with van der Waals surface area (Å²) in [5.74, 6) is -1.24. The topological polar surface area (TPSA) is 120 Å². The van der Waals surface area contributed by atoms with Gasteiger partial charge in [-0.25, -0.2) is 8.42 Å². The van der Waals surface area contributed by atoms with Gasteiger partial charge in [-0.3, -0.25) is 4.79 Å². The minimum absolute atomic E-state index is 0.0207. The van der Waals surface area contributed by atoms with Crippen molar-refractivity contribution in [3.05, 3.63) is 70.5 Å². The lowest BCUT2D eigenvalue weighted by atomic mass is 10.1. The molecule has 2 aromatic carbocycles. The van der Waals surface area contributed by atoms with Crippen molar-refractivity contribution in [1.82, 2.24) is 4.57 Å². The summed E-state index contributed by atoms with van der Waals surface area (Å²) < 4.78 is 55.2. The molecule has 0 fully saturated rings. The number of nitrogens with zero attached hydrogens (tertiary/aromatic N) is 1. The first-order valence-corrected chi connectivity index (χ1v) is 13.4. The molecule has 0 bridgehead atoms. The molecular formula is C22H19NO7S3. The molecule has 33 heavy (non-hydrogen) atoms. The number of thiophene rings is 1. The van der Waals surface area contributed by atoms with Gasteiger partial charge < -0.3 is 13.9 Å². The molecule has 8 nitrogen and oxygen atoms in total. The molecule has 2 heterocycles. The van der Waals surface area contributed by atoms with Crippen molar-refractivity contribution in [1.29, 1.82) is 0 Å². The molecule has 1 N–H and O–H groups in total. The molecule has 0 spiro atoms. The van der Waals surface area contributed by atoms with E-state index in [4.69, 9.17) is 4.18 Å². The fourth-order valence-electron chi connectivity index (χ4n) is 3.68. The van der Waals surface area contributed by atoms with Crippen LogP contribution in [-0.4, -0.2) is 32.5 Å². The normalized spacial score (nSPS) is 11.8. The van der Waals surface area contributed by atoms with Crippen molar-refractivity contribution in [3.8, 4) is 16.9 Å². The zero-order valence-corrected chi connectivity index (χ0v) is 19.8. The lowest BCUT2D eigenvalue weighted by Crippen LogP contribution is -2.13. The van der Waals surface area contributed by atoms with Gasteiger partial charge in [-0.2, -0.15) is 19.8 Å². The third-order valence-electron chi connectivity index (χ3n) is 5.10. The van der Waals surface area contributed by atoms with Crippen LogP contribution in [0.3, 0.4) is 0 Å². The monoisotopic (exact) mass is 505 g/mol. The maximum atomic E-state index is 13.3. The minimum Gasteiger partial charge on any atom is -0.480 e. The molecule has 0 aliphatic carbocycles. The fourth-order valence-corrected chi connectivity index (χ4v) is 6.21. The third-order valence-corrected chi connectivity index (χ3v) is 7.84. The van der Waals surface area contributed by atoms with Gasteiger partial charge in [-0.05, 0) is 64.7 Å². The Morgan fingerprint density at radius 3 is 2.42 bits per heavy atom. The van der Waals surface area contributed by atoms with Gasteiger partial charge in [0.1, 0.15) is 27.9 Å². The molecule has 172 valence electrons. The van der Waals surface area contributed by atoms with Gasteiger partial charge in [-0.15, -0.1) is 0 Å². The van der Waals surface area contributed by atoms with Crippen LogP contribution in [0.1, 0.15) is 11.3 Å². The first kappa shape index (κ1) is 23.0. The number of benzene rings is 2. The van der Waals surface area contributed by atoms with Gasteiger partial charge in [0.25, 0.3) is 0 Å². The van der Waals surface area contributed by atoms with Crippen LogP contribution in [0.2, 0.25) is 0 Å². The van der Waals surface area contributed by atoms with Gasteiger partial charge in [-0.1, -0.05) is 18.2 Å². The molecule has 2 aromatic heterocycles. The summed E-state index contributed by atoms with van der Waals surface area (Å²) in [5.41, 5.74) is 2.93. The van der Waals surface area contributed by atoms with Crippen molar-refractivity contribution in [3.63, 3.8) is 0 Å². The van der Waals surface area contributed by atoms with Crippen molar-refractivity contribution in [2.24, 2.45) is 0 Å². The van der Waals surface area contributed by atoms with Crippen LogP contribution in [0.25, 0.3) is 22.0 Å². The summed E-state index contributed by atoms with van der Waals surface area (Å²) in [6.07, 6.45) is 0. The molecule has 0 aliphatic rings. The molecule has 11 heteroatoms. The summed E-state index contributed by atoms with van der Waals surface area (Å²) in [7, 11) is -6.94. The Morgan fingerprint density at radius 2 is 1.82 bits per heavy atom. The fraction of sp³-hybridized carbons (Fsp3) is 0.136. The van der Waals surface area contributed by atoms with Crippen LogP contribution >= 0.6 is 11.3 Å². The Morgan fingerprint density at radius 1 is 1.09 bits per heavy atom. The Bertz CT molecular complexity index is 1510. The Hall–Kier alpha value is -3.15. The van der Waals surface area contributed by atoms with E-state index in [-0.39, 0.29) is 22.1 Å². The van der Waals surface area contributed by atoms with Crippen LogP contribution in [0.15, 0.2) is 64.2 Å². The maximum Gasteiger partial charge on any atom is 0.341 e. The van der Waals surface area contributed by atoms with Gasteiger partial charge >= 0.3 is 16.1 Å². The summed E-state index contributed by atoms with van der Waals surface area (Å²) in [5, 5.41) is 13.6. The van der Waals surface area contributed by atoms with E-state index in [1.807, 2.05) is 22.9 Å². The Kier molecular flexibility index (Phi) is 6.28. The van der Waals surface area contributed by atoms with Gasteiger partial charge in [0.2, 0.25) is 0 Å². The Labute approximate surface area is 195 Å². The van der Waals surface area contributed by atoms with Crippen LogP contribution in [0.4, 0.5) is 0 Å². The van der Waals surface area contributed by atoms with Crippen LogP contribution in [-0.2, 0) is 37.9 Å². The molecular weight excluding hydrogens is 486 g/mol. The lowest BCUT2D eigenvalue weighted by molar-refractivity contribution is -0.137. The predicted molar refractivity (Wildman–Crippen MR) is 126 cm³/mol.